The lowest BCUT2D eigenvalue weighted by atomic mass is 9.82. The second-order valence-electron chi connectivity index (χ2n) is 11.7. The largest absolute Gasteiger partial charge is 0.347 e. The summed E-state index contributed by atoms with van der Waals surface area (Å²) in [6.45, 7) is 5.10. The highest BCUT2D eigenvalue weighted by molar-refractivity contribution is 6.42. The van der Waals surface area contributed by atoms with Crippen LogP contribution < -0.4 is 0 Å². The number of rotatable bonds is 9. The summed E-state index contributed by atoms with van der Waals surface area (Å²) in [6.07, 6.45) is 6.06. The zero-order valence-electron chi connectivity index (χ0n) is 24.4. The molecule has 2 fully saturated rings. The molecule has 1 atom stereocenters. The normalized spacial score (nSPS) is 18.3. The Morgan fingerprint density at radius 3 is 2.20 bits per heavy atom. The van der Waals surface area contributed by atoms with E-state index in [1.807, 2.05) is 39.3 Å². The van der Waals surface area contributed by atoms with Crippen molar-refractivity contribution in [1.82, 2.24) is 19.6 Å². The van der Waals surface area contributed by atoms with Gasteiger partial charge in [-0.15, -0.1) is 0 Å². The summed E-state index contributed by atoms with van der Waals surface area (Å²) in [5.74, 6) is 0.191. The third kappa shape index (κ3) is 7.42. The van der Waals surface area contributed by atoms with E-state index in [2.05, 4.69) is 15.9 Å². The van der Waals surface area contributed by atoms with Crippen molar-refractivity contribution in [3.8, 4) is 6.07 Å². The van der Waals surface area contributed by atoms with Crippen molar-refractivity contribution in [3.63, 3.8) is 0 Å². The number of hydrogen-bond donors (Lipinski definition) is 0. The molecule has 41 heavy (non-hydrogen) atoms. The molecule has 2 aromatic rings. The van der Waals surface area contributed by atoms with Crippen LogP contribution >= 0.6 is 23.2 Å². The topological polar surface area (TPSA) is 70.9 Å². The summed E-state index contributed by atoms with van der Waals surface area (Å²) in [7, 11) is 5.56. The number of nitriles is 1. The predicted molar refractivity (Wildman–Crippen MR) is 164 cm³/mol. The molecule has 0 spiro atoms. The smallest absolute Gasteiger partial charge is 0.253 e. The van der Waals surface area contributed by atoms with Crippen molar-refractivity contribution >= 4 is 35.0 Å². The molecule has 9 heteroatoms. The molecular formula is C32H41Cl2N5O2. The first-order valence-corrected chi connectivity index (χ1v) is 15.3. The Bertz CT molecular complexity index is 1250. The van der Waals surface area contributed by atoms with Gasteiger partial charge >= 0.3 is 0 Å². The van der Waals surface area contributed by atoms with Crippen LogP contribution in [-0.2, 0) is 4.79 Å². The van der Waals surface area contributed by atoms with E-state index >= 15 is 0 Å². The van der Waals surface area contributed by atoms with Crippen LogP contribution in [0.1, 0.15) is 65.9 Å². The van der Waals surface area contributed by atoms with Gasteiger partial charge in [0.2, 0.25) is 5.91 Å². The minimum Gasteiger partial charge on any atom is -0.347 e. The minimum absolute atomic E-state index is 0.0503. The fourth-order valence-electron chi connectivity index (χ4n) is 6.34. The molecule has 0 aliphatic carbocycles. The van der Waals surface area contributed by atoms with Gasteiger partial charge < -0.3 is 14.7 Å². The number of carbonyl (C=O) groups is 2. The van der Waals surface area contributed by atoms with E-state index in [1.165, 1.54) is 6.42 Å². The fourth-order valence-corrected chi connectivity index (χ4v) is 6.65. The van der Waals surface area contributed by atoms with E-state index in [0.717, 1.165) is 70.4 Å². The first-order valence-electron chi connectivity index (χ1n) is 14.5. The van der Waals surface area contributed by atoms with E-state index in [9.17, 15) is 9.59 Å². The molecular weight excluding hydrogens is 557 g/mol. The highest BCUT2D eigenvalue weighted by atomic mass is 35.5. The highest BCUT2D eigenvalue weighted by Crippen LogP contribution is 2.34. The molecule has 0 bridgehead atoms. The first kappa shape index (κ1) is 31.3. The summed E-state index contributed by atoms with van der Waals surface area (Å²) in [5, 5.41) is 10.1. The molecule has 220 valence electrons. The molecule has 4 rings (SSSR count). The lowest BCUT2D eigenvalue weighted by molar-refractivity contribution is -0.147. The fraction of sp³-hybridized carbons (Fsp3) is 0.531. The maximum atomic E-state index is 13.5. The quantitative estimate of drug-likeness (QED) is 0.380. The average Bonchev–Trinajstić information content (AvgIpc) is 3.00. The van der Waals surface area contributed by atoms with Gasteiger partial charge in [0.15, 0.2) is 0 Å². The van der Waals surface area contributed by atoms with Crippen LogP contribution in [-0.4, -0.2) is 97.4 Å². The molecule has 2 aliphatic heterocycles. The molecule has 2 heterocycles. The van der Waals surface area contributed by atoms with Crippen LogP contribution in [0.5, 0.6) is 0 Å². The number of amides is 2. The maximum Gasteiger partial charge on any atom is 0.253 e. The summed E-state index contributed by atoms with van der Waals surface area (Å²) < 4.78 is 0. The van der Waals surface area contributed by atoms with Gasteiger partial charge in [0.05, 0.1) is 21.7 Å². The van der Waals surface area contributed by atoms with Crippen molar-refractivity contribution in [1.29, 1.82) is 5.26 Å². The monoisotopic (exact) mass is 597 g/mol. The van der Waals surface area contributed by atoms with Crippen LogP contribution in [0.2, 0.25) is 10.0 Å². The number of nitrogens with zero attached hydrogens (tertiary/aromatic N) is 5. The molecule has 0 aromatic heterocycles. The predicted octanol–water partition coefficient (Wildman–Crippen LogP) is 5.52. The summed E-state index contributed by atoms with van der Waals surface area (Å²) in [4.78, 5) is 35.1. The SMILES string of the molecule is CN(C)C(=O)C1(N2CCCCC2)CCN(CCC(CN(C)C(=O)c2ccc(C#N)cc2)c2ccc(Cl)c(Cl)c2)CC1. The van der Waals surface area contributed by atoms with Crippen molar-refractivity contribution in [3.05, 3.63) is 69.2 Å². The Hall–Kier alpha value is -2.63. The van der Waals surface area contributed by atoms with Crippen LogP contribution in [0.3, 0.4) is 0 Å². The number of hydrogen-bond acceptors (Lipinski definition) is 5. The Kier molecular flexibility index (Phi) is 10.7. The van der Waals surface area contributed by atoms with Crippen LogP contribution in [0, 0.1) is 11.3 Å². The number of halogens is 2. The van der Waals surface area contributed by atoms with Gasteiger partial charge in [0, 0.05) is 52.3 Å². The Labute approximate surface area is 254 Å². The standard InChI is InChI=1S/C32H41Cl2N5O2/c1-36(2)31(41)32(39-16-5-4-6-17-39)14-19-38(20-15-32)18-13-27(26-11-12-28(33)29(34)21-26)23-37(3)30(40)25-9-7-24(22-35)8-10-25/h7-12,21,27H,4-6,13-20,23H2,1-3H3. The molecule has 0 radical (unpaired) electrons. The second-order valence-corrected chi connectivity index (χ2v) is 12.5. The lowest BCUT2D eigenvalue weighted by Crippen LogP contribution is -2.64. The Balaban J connectivity index is 1.45. The van der Waals surface area contributed by atoms with Gasteiger partial charge in [-0.1, -0.05) is 35.7 Å². The number of benzene rings is 2. The van der Waals surface area contributed by atoms with E-state index in [0.29, 0.717) is 27.7 Å². The van der Waals surface area contributed by atoms with Gasteiger partial charge in [0.1, 0.15) is 5.54 Å². The molecule has 0 N–H and O–H groups in total. The van der Waals surface area contributed by atoms with Gasteiger partial charge in [-0.3, -0.25) is 14.5 Å². The molecule has 0 saturated carbocycles. The molecule has 2 amide bonds. The number of carbonyl (C=O) groups excluding carboxylic acids is 2. The van der Waals surface area contributed by atoms with Crippen molar-refractivity contribution < 1.29 is 9.59 Å². The number of piperidine rings is 2. The summed E-state index contributed by atoms with van der Waals surface area (Å²) >= 11 is 12.6. The second kappa shape index (κ2) is 14.0. The van der Waals surface area contributed by atoms with Gasteiger partial charge in [-0.25, -0.2) is 0 Å². The van der Waals surface area contributed by atoms with Crippen molar-refractivity contribution in [2.24, 2.45) is 0 Å². The third-order valence-corrected chi connectivity index (χ3v) is 9.50. The first-order chi connectivity index (χ1) is 19.6. The van der Waals surface area contributed by atoms with E-state index in [1.54, 1.807) is 34.1 Å². The van der Waals surface area contributed by atoms with Crippen LogP contribution in [0.4, 0.5) is 0 Å². The average molecular weight is 599 g/mol. The van der Waals surface area contributed by atoms with Crippen LogP contribution in [0.15, 0.2) is 42.5 Å². The zero-order valence-corrected chi connectivity index (χ0v) is 25.9. The maximum absolute atomic E-state index is 13.5. The molecule has 2 aromatic carbocycles. The molecule has 7 nitrogen and oxygen atoms in total. The molecule has 1 unspecified atom stereocenters. The Morgan fingerprint density at radius 2 is 1.61 bits per heavy atom. The number of likely N-dealkylation sites (N-methyl/N-ethyl adjacent to an activating group) is 2. The summed E-state index contributed by atoms with van der Waals surface area (Å²) in [6, 6.07) is 14.5. The zero-order chi connectivity index (χ0) is 29.6. The summed E-state index contributed by atoms with van der Waals surface area (Å²) in [5.41, 5.74) is 1.71. The van der Waals surface area contributed by atoms with Gasteiger partial charge in [-0.2, -0.15) is 5.26 Å². The van der Waals surface area contributed by atoms with E-state index in [4.69, 9.17) is 28.5 Å². The third-order valence-electron chi connectivity index (χ3n) is 8.76. The Morgan fingerprint density at radius 1 is 0.951 bits per heavy atom. The van der Waals surface area contributed by atoms with Crippen molar-refractivity contribution in [2.45, 2.75) is 50.0 Å². The van der Waals surface area contributed by atoms with Crippen LogP contribution in [0.25, 0.3) is 0 Å². The van der Waals surface area contributed by atoms with E-state index < -0.39 is 5.54 Å². The molecule has 2 saturated heterocycles. The van der Waals surface area contributed by atoms with E-state index in [-0.39, 0.29) is 17.7 Å². The molecule has 2 aliphatic rings. The van der Waals surface area contributed by atoms with Crippen molar-refractivity contribution in [2.75, 3.05) is 60.4 Å². The van der Waals surface area contributed by atoms with Gasteiger partial charge in [0.25, 0.3) is 5.91 Å². The lowest BCUT2D eigenvalue weighted by Gasteiger charge is -2.50. The van der Waals surface area contributed by atoms with Gasteiger partial charge in [-0.05, 0) is 93.7 Å². The minimum atomic E-state index is -0.405. The number of likely N-dealkylation sites (tertiary alicyclic amines) is 2. The highest BCUT2D eigenvalue weighted by Gasteiger charge is 2.47.